The van der Waals surface area contributed by atoms with Crippen molar-refractivity contribution in [2.24, 2.45) is 5.73 Å². The van der Waals surface area contributed by atoms with Crippen molar-refractivity contribution >= 4 is 5.91 Å². The monoisotopic (exact) mass is 236 g/mol. The number of amides is 1. The van der Waals surface area contributed by atoms with E-state index in [2.05, 4.69) is 11.0 Å². The number of nitrogens with zero attached hydrogens (tertiary/aromatic N) is 3. The molecule has 94 valence electrons. The number of piperazine rings is 1. The maximum Gasteiger partial charge on any atom is 0.242 e. The molecule has 2 N–H and O–H groups in total. The summed E-state index contributed by atoms with van der Waals surface area (Å²) < 4.78 is 0. The van der Waals surface area contributed by atoms with Gasteiger partial charge in [0.2, 0.25) is 5.91 Å². The lowest BCUT2D eigenvalue weighted by Crippen LogP contribution is -2.62. The third kappa shape index (κ3) is 2.59. The Kier molecular flexibility index (Phi) is 3.65. The average Bonchev–Trinajstić information content (AvgIpc) is 2.33. The van der Waals surface area contributed by atoms with E-state index in [1.54, 1.807) is 0 Å². The molecule has 1 saturated heterocycles. The minimum absolute atomic E-state index is 0.128. The topological polar surface area (TPSA) is 73.4 Å². The predicted octanol–water partition coefficient (Wildman–Crippen LogP) is -0.0743. The molecule has 1 heterocycles. The molecular weight excluding hydrogens is 216 g/mol. The van der Waals surface area contributed by atoms with Crippen molar-refractivity contribution in [2.75, 3.05) is 32.7 Å². The molecule has 0 atom stereocenters. The highest BCUT2D eigenvalue weighted by Crippen LogP contribution is 2.31. The van der Waals surface area contributed by atoms with Crippen LogP contribution in [0.5, 0.6) is 0 Å². The summed E-state index contributed by atoms with van der Waals surface area (Å²) in [5.74, 6) is 0.128. The first kappa shape index (κ1) is 12.3. The maximum atomic E-state index is 12.2. The van der Waals surface area contributed by atoms with Gasteiger partial charge in [-0.3, -0.25) is 9.69 Å². The van der Waals surface area contributed by atoms with Gasteiger partial charge in [0.15, 0.2) is 0 Å². The van der Waals surface area contributed by atoms with Gasteiger partial charge in [-0.2, -0.15) is 5.26 Å². The van der Waals surface area contributed by atoms with Crippen LogP contribution in [0.1, 0.15) is 25.7 Å². The highest BCUT2D eigenvalue weighted by Gasteiger charge is 2.43. The van der Waals surface area contributed by atoms with Gasteiger partial charge in [-0.05, 0) is 19.3 Å². The fraction of sp³-hybridized carbons (Fsp3) is 0.833. The Morgan fingerprint density at radius 3 is 2.41 bits per heavy atom. The number of carbonyl (C=O) groups excluding carboxylic acids is 1. The molecule has 5 heteroatoms. The van der Waals surface area contributed by atoms with Crippen molar-refractivity contribution in [2.45, 2.75) is 31.2 Å². The second-order valence-corrected chi connectivity index (χ2v) is 5.05. The maximum absolute atomic E-state index is 12.2. The predicted molar refractivity (Wildman–Crippen MR) is 64.0 cm³/mol. The lowest BCUT2D eigenvalue weighted by Gasteiger charge is -2.43. The Morgan fingerprint density at radius 1 is 1.29 bits per heavy atom. The molecule has 2 fully saturated rings. The summed E-state index contributed by atoms with van der Waals surface area (Å²) in [6.45, 7) is 4.05. The van der Waals surface area contributed by atoms with Crippen molar-refractivity contribution < 1.29 is 4.79 Å². The Morgan fingerprint density at radius 2 is 1.94 bits per heavy atom. The van der Waals surface area contributed by atoms with Gasteiger partial charge in [0.05, 0.1) is 11.6 Å². The standard InChI is InChI=1S/C12H20N4O/c13-5-2-6-15-7-9-16(10-8-15)11(17)12(14)3-1-4-12/h1-4,6-10,14H2. The average molecular weight is 236 g/mol. The SMILES string of the molecule is N#CCCN1CCN(C(=O)C2(N)CCC2)CC1. The van der Waals surface area contributed by atoms with Crippen LogP contribution in [-0.2, 0) is 4.79 Å². The minimum atomic E-state index is -0.561. The van der Waals surface area contributed by atoms with Gasteiger partial charge >= 0.3 is 0 Å². The fourth-order valence-electron chi connectivity index (χ4n) is 2.47. The van der Waals surface area contributed by atoms with E-state index in [-0.39, 0.29) is 5.91 Å². The third-order valence-corrected chi connectivity index (χ3v) is 3.87. The van der Waals surface area contributed by atoms with Crippen LogP contribution in [0.25, 0.3) is 0 Å². The van der Waals surface area contributed by atoms with Crippen LogP contribution in [0.4, 0.5) is 0 Å². The quantitative estimate of drug-likeness (QED) is 0.744. The van der Waals surface area contributed by atoms with Crippen LogP contribution in [0.2, 0.25) is 0 Å². The molecule has 0 aromatic rings. The number of nitrogens with two attached hydrogens (primary N) is 1. The molecule has 0 bridgehead atoms. The van der Waals surface area contributed by atoms with Crippen LogP contribution in [0.15, 0.2) is 0 Å². The first-order chi connectivity index (χ1) is 8.15. The molecule has 0 aromatic heterocycles. The summed E-state index contributed by atoms with van der Waals surface area (Å²) in [5, 5.41) is 8.53. The van der Waals surface area contributed by atoms with Crippen LogP contribution < -0.4 is 5.73 Å². The normalized spacial score (nSPS) is 23.9. The molecule has 1 aliphatic carbocycles. The van der Waals surface area contributed by atoms with E-state index in [1.807, 2.05) is 4.90 Å². The van der Waals surface area contributed by atoms with E-state index >= 15 is 0 Å². The second-order valence-electron chi connectivity index (χ2n) is 5.05. The zero-order chi connectivity index (χ0) is 12.3. The zero-order valence-electron chi connectivity index (χ0n) is 10.2. The van der Waals surface area contributed by atoms with Gasteiger partial charge in [-0.15, -0.1) is 0 Å². The zero-order valence-corrected chi connectivity index (χ0v) is 10.2. The Bertz CT molecular complexity index is 324. The van der Waals surface area contributed by atoms with Crippen LogP contribution in [-0.4, -0.2) is 54.0 Å². The largest absolute Gasteiger partial charge is 0.339 e. The molecule has 2 aliphatic rings. The van der Waals surface area contributed by atoms with Gasteiger partial charge in [-0.1, -0.05) is 0 Å². The van der Waals surface area contributed by atoms with E-state index in [0.29, 0.717) is 6.42 Å². The molecule has 1 amide bonds. The molecular formula is C12H20N4O. The van der Waals surface area contributed by atoms with Crippen LogP contribution >= 0.6 is 0 Å². The fourth-order valence-corrected chi connectivity index (χ4v) is 2.47. The number of nitriles is 1. The van der Waals surface area contributed by atoms with Crippen molar-refractivity contribution in [3.8, 4) is 6.07 Å². The minimum Gasteiger partial charge on any atom is -0.339 e. The molecule has 0 radical (unpaired) electrons. The van der Waals surface area contributed by atoms with E-state index < -0.39 is 5.54 Å². The molecule has 0 unspecified atom stereocenters. The van der Waals surface area contributed by atoms with E-state index in [4.69, 9.17) is 11.0 Å². The van der Waals surface area contributed by atoms with Crippen LogP contribution in [0, 0.1) is 11.3 Å². The lowest BCUT2D eigenvalue weighted by molar-refractivity contribution is -0.141. The number of hydrogen-bond donors (Lipinski definition) is 1. The first-order valence-electron chi connectivity index (χ1n) is 6.33. The summed E-state index contributed by atoms with van der Waals surface area (Å²) in [4.78, 5) is 16.3. The number of carbonyl (C=O) groups is 1. The van der Waals surface area contributed by atoms with E-state index in [1.165, 1.54) is 0 Å². The Balaban J connectivity index is 1.79. The van der Waals surface area contributed by atoms with Gasteiger partial charge < -0.3 is 10.6 Å². The third-order valence-electron chi connectivity index (χ3n) is 3.87. The summed E-state index contributed by atoms with van der Waals surface area (Å²) in [5.41, 5.74) is 5.48. The molecule has 17 heavy (non-hydrogen) atoms. The number of hydrogen-bond acceptors (Lipinski definition) is 4. The van der Waals surface area contributed by atoms with Gasteiger partial charge in [0, 0.05) is 39.1 Å². The Hall–Kier alpha value is -1.12. The second kappa shape index (κ2) is 5.03. The molecule has 2 rings (SSSR count). The molecule has 0 spiro atoms. The van der Waals surface area contributed by atoms with Crippen LogP contribution in [0.3, 0.4) is 0 Å². The highest BCUT2D eigenvalue weighted by atomic mass is 16.2. The summed E-state index contributed by atoms with van der Waals surface area (Å²) in [6, 6.07) is 2.15. The van der Waals surface area contributed by atoms with Gasteiger partial charge in [-0.25, -0.2) is 0 Å². The summed E-state index contributed by atoms with van der Waals surface area (Å²) in [6.07, 6.45) is 3.31. The van der Waals surface area contributed by atoms with Crippen molar-refractivity contribution in [3.63, 3.8) is 0 Å². The van der Waals surface area contributed by atoms with E-state index in [0.717, 1.165) is 52.0 Å². The van der Waals surface area contributed by atoms with E-state index in [9.17, 15) is 4.79 Å². The molecule has 5 nitrogen and oxygen atoms in total. The smallest absolute Gasteiger partial charge is 0.242 e. The van der Waals surface area contributed by atoms with Gasteiger partial charge in [0.25, 0.3) is 0 Å². The van der Waals surface area contributed by atoms with Crippen molar-refractivity contribution in [3.05, 3.63) is 0 Å². The summed E-state index contributed by atoms with van der Waals surface area (Å²) in [7, 11) is 0. The van der Waals surface area contributed by atoms with Crippen molar-refractivity contribution in [1.29, 1.82) is 5.26 Å². The summed E-state index contributed by atoms with van der Waals surface area (Å²) >= 11 is 0. The molecule has 1 saturated carbocycles. The lowest BCUT2D eigenvalue weighted by atomic mass is 9.76. The highest BCUT2D eigenvalue weighted by molar-refractivity contribution is 5.87. The molecule has 0 aromatic carbocycles. The van der Waals surface area contributed by atoms with Gasteiger partial charge in [0.1, 0.15) is 0 Å². The number of rotatable bonds is 3. The first-order valence-corrected chi connectivity index (χ1v) is 6.33. The molecule has 1 aliphatic heterocycles. The van der Waals surface area contributed by atoms with Crippen molar-refractivity contribution in [1.82, 2.24) is 9.80 Å². The Labute approximate surface area is 102 Å².